The molecule has 2 rings (SSSR count). The van der Waals surface area contributed by atoms with Crippen molar-refractivity contribution in [3.05, 3.63) is 56.5 Å². The van der Waals surface area contributed by atoms with Gasteiger partial charge in [-0.05, 0) is 65.2 Å². The van der Waals surface area contributed by atoms with Crippen molar-refractivity contribution in [2.75, 3.05) is 11.9 Å². The van der Waals surface area contributed by atoms with E-state index in [-0.39, 0.29) is 5.91 Å². The molecule has 0 aliphatic rings. The molecule has 0 aliphatic heterocycles. The highest BCUT2D eigenvalue weighted by molar-refractivity contribution is 9.10. The van der Waals surface area contributed by atoms with Crippen molar-refractivity contribution in [2.45, 2.75) is 19.8 Å². The maximum absolute atomic E-state index is 11.9. The molecule has 0 saturated carbocycles. The van der Waals surface area contributed by atoms with E-state index in [1.807, 2.05) is 25.1 Å². The van der Waals surface area contributed by atoms with Gasteiger partial charge in [0.2, 0.25) is 5.91 Å². The molecule has 122 valence electrons. The number of carbonyl (C=O) groups is 1. The zero-order valence-corrected chi connectivity index (χ0v) is 15.6. The van der Waals surface area contributed by atoms with Gasteiger partial charge in [-0.1, -0.05) is 29.3 Å². The van der Waals surface area contributed by atoms with Crippen LogP contribution in [0.1, 0.15) is 18.4 Å². The van der Waals surface area contributed by atoms with Gasteiger partial charge in [-0.25, -0.2) is 0 Å². The molecule has 0 spiro atoms. The Balaban J connectivity index is 1.76. The summed E-state index contributed by atoms with van der Waals surface area (Å²) in [6.07, 6.45) is 0.966. The summed E-state index contributed by atoms with van der Waals surface area (Å²) in [6, 6.07) is 10.8. The summed E-state index contributed by atoms with van der Waals surface area (Å²) < 4.78 is 6.57. The van der Waals surface area contributed by atoms with Gasteiger partial charge in [0.1, 0.15) is 5.75 Å². The van der Waals surface area contributed by atoms with Gasteiger partial charge in [0.25, 0.3) is 0 Å². The van der Waals surface area contributed by atoms with Crippen LogP contribution in [0.15, 0.2) is 40.9 Å². The number of hydrogen-bond donors (Lipinski definition) is 1. The molecule has 1 N–H and O–H groups in total. The number of carbonyl (C=O) groups excluding carboxylic acids is 1. The highest BCUT2D eigenvalue weighted by atomic mass is 79.9. The van der Waals surface area contributed by atoms with Gasteiger partial charge in [0.05, 0.1) is 11.1 Å². The number of nitrogens with one attached hydrogen (secondary N) is 1. The lowest BCUT2D eigenvalue weighted by atomic mass is 10.2. The quantitative estimate of drug-likeness (QED) is 0.598. The summed E-state index contributed by atoms with van der Waals surface area (Å²) in [6.45, 7) is 2.48. The first-order chi connectivity index (χ1) is 10.9. The first-order valence-electron chi connectivity index (χ1n) is 7.09. The van der Waals surface area contributed by atoms with Crippen LogP contribution in [0.3, 0.4) is 0 Å². The second-order valence-electron chi connectivity index (χ2n) is 5.09. The molecule has 0 aromatic heterocycles. The van der Waals surface area contributed by atoms with Crippen LogP contribution >= 0.6 is 39.1 Å². The smallest absolute Gasteiger partial charge is 0.224 e. The number of ether oxygens (including phenoxy) is 1. The van der Waals surface area contributed by atoms with Crippen molar-refractivity contribution >= 4 is 50.7 Å². The minimum Gasteiger partial charge on any atom is -0.492 e. The lowest BCUT2D eigenvalue weighted by Crippen LogP contribution is -2.12. The Morgan fingerprint density at radius 2 is 1.87 bits per heavy atom. The van der Waals surface area contributed by atoms with Gasteiger partial charge in [0.15, 0.2) is 0 Å². The van der Waals surface area contributed by atoms with Gasteiger partial charge in [-0.2, -0.15) is 0 Å². The summed E-state index contributed by atoms with van der Waals surface area (Å²) in [5, 5.41) is 3.74. The van der Waals surface area contributed by atoms with E-state index in [0.717, 1.165) is 15.8 Å². The normalized spacial score (nSPS) is 10.4. The lowest BCUT2D eigenvalue weighted by molar-refractivity contribution is -0.116. The third-order valence-corrected chi connectivity index (χ3v) is 4.10. The summed E-state index contributed by atoms with van der Waals surface area (Å²) >= 11 is 15.2. The molecule has 0 aliphatic carbocycles. The average Bonchev–Trinajstić information content (AvgIpc) is 2.44. The highest BCUT2D eigenvalue weighted by Crippen LogP contribution is 2.26. The van der Waals surface area contributed by atoms with Crippen LogP contribution in [0.4, 0.5) is 5.69 Å². The van der Waals surface area contributed by atoms with E-state index in [1.54, 1.807) is 18.2 Å². The van der Waals surface area contributed by atoms with Crippen molar-refractivity contribution in [3.63, 3.8) is 0 Å². The SMILES string of the molecule is Cc1ccc(OCCCC(=O)Nc2cc(Cl)cc(Cl)c2)c(Br)c1. The Labute approximate surface area is 154 Å². The van der Waals surface area contributed by atoms with Gasteiger partial charge < -0.3 is 10.1 Å². The molecule has 0 radical (unpaired) electrons. The van der Waals surface area contributed by atoms with Crippen LogP contribution in [0.5, 0.6) is 5.75 Å². The van der Waals surface area contributed by atoms with E-state index in [4.69, 9.17) is 27.9 Å². The van der Waals surface area contributed by atoms with Crippen LogP contribution in [0, 0.1) is 6.92 Å². The number of aryl methyl sites for hydroxylation is 1. The number of rotatable bonds is 6. The second-order valence-corrected chi connectivity index (χ2v) is 6.82. The van der Waals surface area contributed by atoms with Crippen molar-refractivity contribution in [2.24, 2.45) is 0 Å². The summed E-state index contributed by atoms with van der Waals surface area (Å²) in [5.74, 6) is 0.674. The molecule has 23 heavy (non-hydrogen) atoms. The topological polar surface area (TPSA) is 38.3 Å². The molecule has 0 unspecified atom stereocenters. The van der Waals surface area contributed by atoms with Gasteiger partial charge in [-0.3, -0.25) is 4.79 Å². The molecule has 6 heteroatoms. The van der Waals surface area contributed by atoms with E-state index in [9.17, 15) is 4.79 Å². The Morgan fingerprint density at radius 1 is 1.17 bits per heavy atom. The zero-order chi connectivity index (χ0) is 16.8. The predicted molar refractivity (Wildman–Crippen MR) is 98.7 cm³/mol. The monoisotopic (exact) mass is 415 g/mol. The minimum atomic E-state index is -0.102. The Morgan fingerprint density at radius 3 is 2.52 bits per heavy atom. The molecule has 1 amide bonds. The van der Waals surface area contributed by atoms with Gasteiger partial charge in [0, 0.05) is 22.2 Å². The average molecular weight is 417 g/mol. The third-order valence-electron chi connectivity index (χ3n) is 3.04. The van der Waals surface area contributed by atoms with Crippen molar-refractivity contribution < 1.29 is 9.53 Å². The van der Waals surface area contributed by atoms with Gasteiger partial charge in [-0.15, -0.1) is 0 Å². The fourth-order valence-corrected chi connectivity index (χ4v) is 3.12. The Hall–Kier alpha value is -1.23. The fraction of sp³-hybridized carbons (Fsp3) is 0.235. The van der Waals surface area contributed by atoms with E-state index in [2.05, 4.69) is 21.2 Å². The number of hydrogen-bond acceptors (Lipinski definition) is 2. The molecule has 2 aromatic rings. The van der Waals surface area contributed by atoms with Crippen LogP contribution in [-0.4, -0.2) is 12.5 Å². The second kappa shape index (κ2) is 8.57. The summed E-state index contributed by atoms with van der Waals surface area (Å²) in [5.41, 5.74) is 1.75. The predicted octanol–water partition coefficient (Wildman–Crippen LogP) is 5.86. The van der Waals surface area contributed by atoms with Crippen LogP contribution < -0.4 is 10.1 Å². The van der Waals surface area contributed by atoms with E-state index in [1.165, 1.54) is 0 Å². The minimum absolute atomic E-state index is 0.102. The largest absolute Gasteiger partial charge is 0.492 e. The molecule has 0 atom stereocenters. The zero-order valence-electron chi connectivity index (χ0n) is 12.5. The van der Waals surface area contributed by atoms with E-state index in [0.29, 0.717) is 35.2 Å². The summed E-state index contributed by atoms with van der Waals surface area (Å²) in [7, 11) is 0. The number of anilines is 1. The van der Waals surface area contributed by atoms with Crippen LogP contribution in [0.25, 0.3) is 0 Å². The van der Waals surface area contributed by atoms with Crippen molar-refractivity contribution in [1.82, 2.24) is 0 Å². The molecular formula is C17H16BrCl2NO2. The molecule has 0 fully saturated rings. The fourth-order valence-electron chi connectivity index (χ4n) is 1.99. The molecule has 0 heterocycles. The standard InChI is InChI=1S/C17H16BrCl2NO2/c1-11-4-5-16(15(18)7-11)23-6-2-3-17(22)21-14-9-12(19)8-13(20)10-14/h4-5,7-10H,2-3,6H2,1H3,(H,21,22). The number of benzene rings is 2. The molecule has 0 bridgehead atoms. The maximum atomic E-state index is 11.9. The summed E-state index contributed by atoms with van der Waals surface area (Å²) in [4.78, 5) is 11.9. The third kappa shape index (κ3) is 6.05. The molecule has 2 aromatic carbocycles. The van der Waals surface area contributed by atoms with E-state index >= 15 is 0 Å². The first kappa shape index (κ1) is 18.1. The first-order valence-corrected chi connectivity index (χ1v) is 8.64. The molecule has 0 saturated heterocycles. The number of amides is 1. The Kier molecular flexibility index (Phi) is 6.75. The lowest BCUT2D eigenvalue weighted by Gasteiger charge is -2.09. The van der Waals surface area contributed by atoms with Crippen molar-refractivity contribution in [1.29, 1.82) is 0 Å². The maximum Gasteiger partial charge on any atom is 0.224 e. The number of halogens is 3. The molecular weight excluding hydrogens is 401 g/mol. The van der Waals surface area contributed by atoms with E-state index < -0.39 is 0 Å². The van der Waals surface area contributed by atoms with Crippen LogP contribution in [-0.2, 0) is 4.79 Å². The molecule has 3 nitrogen and oxygen atoms in total. The highest BCUT2D eigenvalue weighted by Gasteiger charge is 2.06. The van der Waals surface area contributed by atoms with Crippen molar-refractivity contribution in [3.8, 4) is 5.75 Å². The van der Waals surface area contributed by atoms with Crippen LogP contribution in [0.2, 0.25) is 10.0 Å². The van der Waals surface area contributed by atoms with Gasteiger partial charge >= 0.3 is 0 Å². The Bertz CT molecular complexity index is 687.